The van der Waals surface area contributed by atoms with E-state index in [1.54, 1.807) is 0 Å². The van der Waals surface area contributed by atoms with E-state index in [9.17, 15) is 0 Å². The van der Waals surface area contributed by atoms with Crippen LogP contribution < -0.4 is 42.0 Å². The van der Waals surface area contributed by atoms with Gasteiger partial charge in [0.1, 0.15) is 0 Å². The molecule has 0 nitrogen and oxygen atoms in total. The van der Waals surface area contributed by atoms with Gasteiger partial charge >= 0.3 is 71.3 Å². The molecule has 0 aliphatic rings. The standard InChI is InChI=1S/3BH4.Ce.ClH.Na/h3*1H4;;1H;/q3*-1;+3;;+1/p-1. The van der Waals surface area contributed by atoms with E-state index in [0.717, 1.165) is 0 Å². The summed E-state index contributed by atoms with van der Waals surface area (Å²) in [5.74, 6) is 0. The van der Waals surface area contributed by atoms with E-state index in [1.165, 1.54) is 0 Å². The Balaban J connectivity index is 0. The molecule has 0 aliphatic heterocycles. The van der Waals surface area contributed by atoms with Crippen LogP contribution in [0.4, 0.5) is 0 Å². The van der Waals surface area contributed by atoms with E-state index in [1.807, 2.05) is 0 Å². The fourth-order valence-electron chi connectivity index (χ4n) is 0. The normalized spacial score (nSPS) is 0. The molecule has 0 saturated carbocycles. The van der Waals surface area contributed by atoms with Gasteiger partial charge in [-0.2, -0.15) is 0 Å². The maximum atomic E-state index is 0. The van der Waals surface area contributed by atoms with Crippen molar-refractivity contribution in [2.24, 2.45) is 0 Å². The zero-order valence-electron chi connectivity index (χ0n) is 1.88. The summed E-state index contributed by atoms with van der Waals surface area (Å²) in [5, 5.41) is 0. The van der Waals surface area contributed by atoms with Crippen LogP contribution in [0.15, 0.2) is 0 Å². The van der Waals surface area contributed by atoms with Gasteiger partial charge in [0, 0.05) is 0 Å². The second-order valence-corrected chi connectivity index (χ2v) is 0. The third-order valence-electron chi connectivity index (χ3n) is 0. The molecule has 1 radical (unpaired) electrons. The molecular formula is H12B3CeClNa. The van der Waals surface area contributed by atoms with Crippen LogP contribution in [0.25, 0.3) is 0 Å². The first kappa shape index (κ1) is 66.9. The molecule has 0 bridgehead atoms. The predicted molar refractivity (Wildman–Crippen MR) is 34.0 cm³/mol. The second kappa shape index (κ2) is 45.2. The molecule has 0 fully saturated rings. The van der Waals surface area contributed by atoms with Crippen molar-refractivity contribution < 1.29 is 83.7 Å². The minimum absolute atomic E-state index is 0. The van der Waals surface area contributed by atoms with Gasteiger partial charge in [0.25, 0.3) is 0 Å². The Labute approximate surface area is 107 Å². The van der Waals surface area contributed by atoms with E-state index >= 15 is 0 Å². The monoisotopic (exact) mass is 243 g/mol. The molecule has 0 spiro atoms. The summed E-state index contributed by atoms with van der Waals surface area (Å²) >= 11 is 0. The molecular weight excluding hydrogens is 231 g/mol. The van der Waals surface area contributed by atoms with E-state index in [-0.39, 0.29) is 109 Å². The van der Waals surface area contributed by atoms with Gasteiger partial charge in [0.05, 0.1) is 0 Å². The van der Waals surface area contributed by atoms with Crippen LogP contribution in [0.2, 0.25) is 0 Å². The van der Waals surface area contributed by atoms with Crippen LogP contribution >= 0.6 is 0 Å². The Kier molecular flexibility index (Phi) is 504. The van der Waals surface area contributed by atoms with E-state index in [2.05, 4.69) is 0 Å². The van der Waals surface area contributed by atoms with Gasteiger partial charge in [0.2, 0.25) is 0 Å². The molecule has 0 amide bonds. The van der Waals surface area contributed by atoms with Crippen molar-refractivity contribution in [3.05, 3.63) is 0 Å². The second-order valence-electron chi connectivity index (χ2n) is 0. The van der Waals surface area contributed by atoms with Crippen molar-refractivity contribution in [3.63, 3.8) is 0 Å². The summed E-state index contributed by atoms with van der Waals surface area (Å²) in [5.41, 5.74) is 0. The molecule has 0 aromatic heterocycles. The number of halogens is 1. The molecule has 6 heteroatoms. The summed E-state index contributed by atoms with van der Waals surface area (Å²) in [4.78, 5) is 0. The maximum Gasteiger partial charge on any atom is 3.00 e. The van der Waals surface area contributed by atoms with Crippen molar-refractivity contribution in [3.8, 4) is 0 Å². The fraction of sp³-hybridized carbons (Fsp3) is 0. The van der Waals surface area contributed by atoms with Crippen molar-refractivity contribution >= 4 is 25.2 Å². The third kappa shape index (κ3) is 28.8. The summed E-state index contributed by atoms with van der Waals surface area (Å²) < 4.78 is 0. The third-order valence-corrected chi connectivity index (χ3v) is 0. The van der Waals surface area contributed by atoms with Crippen LogP contribution in [0.3, 0.4) is 0 Å². The Morgan fingerprint density at radius 2 is 0.667 bits per heavy atom. The van der Waals surface area contributed by atoms with Gasteiger partial charge in [-0.1, -0.05) is 25.2 Å². The number of hydrogen-bond acceptors (Lipinski definition) is 0. The predicted octanol–water partition coefficient (Wildman–Crippen LogP) is -10.3. The maximum absolute atomic E-state index is 0. The molecule has 0 unspecified atom stereocenters. The summed E-state index contributed by atoms with van der Waals surface area (Å²) in [7, 11) is 0. The topological polar surface area (TPSA) is 0 Å². The van der Waals surface area contributed by atoms with Crippen LogP contribution in [0, 0.1) is 41.7 Å². The summed E-state index contributed by atoms with van der Waals surface area (Å²) in [6, 6.07) is 0. The summed E-state index contributed by atoms with van der Waals surface area (Å²) in [6.45, 7) is 0. The average Bonchev–Trinajstić information content (AvgIpc) is 0. The van der Waals surface area contributed by atoms with Gasteiger partial charge in [-0.3, -0.25) is 0 Å². The molecule has 0 aromatic rings. The minimum Gasteiger partial charge on any atom is -1.00 e. The fourth-order valence-corrected chi connectivity index (χ4v) is 0. The van der Waals surface area contributed by atoms with Gasteiger partial charge in [-0.25, -0.2) is 0 Å². The molecule has 33 valence electrons. The van der Waals surface area contributed by atoms with E-state index in [4.69, 9.17) is 0 Å². The smallest absolute Gasteiger partial charge is 1.00 e. The Morgan fingerprint density at radius 1 is 0.667 bits per heavy atom. The quantitative estimate of drug-likeness (QED) is 0.371. The van der Waals surface area contributed by atoms with E-state index < -0.39 is 0 Å². The average molecular weight is 243 g/mol. The van der Waals surface area contributed by atoms with Crippen LogP contribution in [0.5, 0.6) is 0 Å². The Hall–Kier alpha value is 2.86. The summed E-state index contributed by atoms with van der Waals surface area (Å²) in [6.07, 6.45) is 0. The molecule has 6 heavy (non-hydrogen) atoms. The Bertz CT molecular complexity index is 10.8. The first-order valence-corrected chi connectivity index (χ1v) is 0. The van der Waals surface area contributed by atoms with Gasteiger partial charge < -0.3 is 12.4 Å². The molecule has 0 atom stereocenters. The molecule has 0 aromatic carbocycles. The van der Waals surface area contributed by atoms with Gasteiger partial charge in [-0.05, 0) is 0 Å². The van der Waals surface area contributed by atoms with Crippen LogP contribution in [0.1, 0.15) is 0 Å². The molecule has 0 aliphatic carbocycles. The van der Waals surface area contributed by atoms with E-state index in [0.29, 0.717) is 0 Å². The van der Waals surface area contributed by atoms with Gasteiger partial charge in [-0.15, -0.1) is 0 Å². The largest absolute Gasteiger partial charge is 3.00 e. The Morgan fingerprint density at radius 3 is 0.667 bits per heavy atom. The van der Waals surface area contributed by atoms with Crippen molar-refractivity contribution in [2.75, 3.05) is 0 Å². The van der Waals surface area contributed by atoms with Crippen molar-refractivity contribution in [1.82, 2.24) is 0 Å². The first-order valence-electron chi connectivity index (χ1n) is 0. The molecule has 0 heterocycles. The van der Waals surface area contributed by atoms with Crippen LogP contribution in [-0.4, -0.2) is 25.2 Å². The van der Waals surface area contributed by atoms with Gasteiger partial charge in [0.15, 0.2) is 0 Å². The molecule has 0 saturated heterocycles. The van der Waals surface area contributed by atoms with Crippen molar-refractivity contribution in [2.45, 2.75) is 0 Å². The minimum atomic E-state index is 0. The number of hydrogen-bond donors (Lipinski definition) is 0. The zero-order chi connectivity index (χ0) is 0. The number of rotatable bonds is 0. The molecule has 0 rings (SSSR count). The SMILES string of the molecule is [BH4-].[BH4-].[BH4-].[Ce+3].[Cl-].[Na+]. The van der Waals surface area contributed by atoms with Crippen molar-refractivity contribution in [1.29, 1.82) is 0 Å². The molecule has 0 N–H and O–H groups in total. The van der Waals surface area contributed by atoms with Crippen LogP contribution in [-0.2, 0) is 0 Å². The first-order chi connectivity index (χ1) is 0. The zero-order valence-corrected chi connectivity index (χ0v) is 7.77.